The Hall–Kier alpha value is -2.35. The van der Waals surface area contributed by atoms with Crippen LogP contribution < -0.4 is 4.90 Å². The molecule has 6 rings (SSSR count). The second-order valence-electron chi connectivity index (χ2n) is 11.1. The summed E-state index contributed by atoms with van der Waals surface area (Å²) < 4.78 is 6.22. The standard InChI is InChI=1S/C25H35N7O/c1-16-17(2)28-22-21(27-16)20(18-5-7-25(8-6-18)9-10-25)29-23(30-22)32-11-12-33-19(13-32)24(3)14-26-31(4)15-24/h14,18-19H,5-13,15H2,1-4H3/t19-,24?/m0/s1. The summed E-state index contributed by atoms with van der Waals surface area (Å²) in [6, 6.07) is 0. The van der Waals surface area contributed by atoms with Crippen LogP contribution in [0.25, 0.3) is 11.2 Å². The predicted octanol–water partition coefficient (Wildman–Crippen LogP) is 3.62. The molecule has 1 spiro atoms. The Morgan fingerprint density at radius 1 is 1.00 bits per heavy atom. The zero-order chi connectivity index (χ0) is 22.8. The van der Waals surface area contributed by atoms with Gasteiger partial charge in [-0.2, -0.15) is 10.1 Å². The number of morpholine rings is 1. The number of hydrogen-bond acceptors (Lipinski definition) is 8. The maximum Gasteiger partial charge on any atom is 0.227 e. The normalized spacial score (nSPS) is 29.4. The number of hydrazone groups is 1. The summed E-state index contributed by atoms with van der Waals surface area (Å²) in [7, 11) is 2.01. The Morgan fingerprint density at radius 2 is 1.76 bits per heavy atom. The van der Waals surface area contributed by atoms with Gasteiger partial charge in [0.25, 0.3) is 0 Å². The Morgan fingerprint density at radius 3 is 2.45 bits per heavy atom. The average molecular weight is 450 g/mol. The minimum Gasteiger partial charge on any atom is -0.374 e. The highest BCUT2D eigenvalue weighted by Gasteiger charge is 2.46. The molecule has 0 radical (unpaired) electrons. The number of rotatable bonds is 3. The molecule has 2 aromatic rings. The third kappa shape index (κ3) is 3.76. The van der Waals surface area contributed by atoms with Crippen LogP contribution >= 0.6 is 0 Å². The van der Waals surface area contributed by atoms with Crippen molar-refractivity contribution >= 4 is 23.3 Å². The van der Waals surface area contributed by atoms with E-state index in [0.717, 1.165) is 53.8 Å². The van der Waals surface area contributed by atoms with E-state index in [2.05, 4.69) is 16.9 Å². The van der Waals surface area contributed by atoms with Gasteiger partial charge in [0.1, 0.15) is 5.52 Å². The Kier molecular flexibility index (Phi) is 4.87. The number of anilines is 1. The highest BCUT2D eigenvalue weighted by Crippen LogP contribution is 2.58. The Bertz CT molecular complexity index is 1100. The first-order chi connectivity index (χ1) is 15.8. The van der Waals surface area contributed by atoms with Gasteiger partial charge in [0.2, 0.25) is 5.95 Å². The van der Waals surface area contributed by atoms with Crippen molar-refractivity contribution in [3.8, 4) is 0 Å². The molecule has 2 aliphatic carbocycles. The molecule has 8 nitrogen and oxygen atoms in total. The summed E-state index contributed by atoms with van der Waals surface area (Å²) in [5, 5.41) is 6.46. The van der Waals surface area contributed by atoms with Gasteiger partial charge in [0, 0.05) is 38.8 Å². The zero-order valence-corrected chi connectivity index (χ0v) is 20.3. The molecule has 0 bridgehead atoms. The molecule has 0 N–H and O–H groups in total. The fourth-order valence-electron chi connectivity index (χ4n) is 5.95. The molecular formula is C25H35N7O. The molecule has 3 fully saturated rings. The number of hydrogen-bond donors (Lipinski definition) is 0. The largest absolute Gasteiger partial charge is 0.374 e. The van der Waals surface area contributed by atoms with Crippen LogP contribution in [0.15, 0.2) is 5.10 Å². The maximum atomic E-state index is 6.22. The number of ether oxygens (including phenoxy) is 1. The van der Waals surface area contributed by atoms with Crippen molar-refractivity contribution < 1.29 is 4.74 Å². The van der Waals surface area contributed by atoms with Crippen molar-refractivity contribution in [2.75, 3.05) is 38.2 Å². The lowest BCUT2D eigenvalue weighted by atomic mass is 9.78. The average Bonchev–Trinajstić information content (AvgIpc) is 3.47. The molecular weight excluding hydrogens is 414 g/mol. The maximum absolute atomic E-state index is 6.22. The van der Waals surface area contributed by atoms with E-state index in [1.165, 1.54) is 38.5 Å². The van der Waals surface area contributed by atoms with Crippen LogP contribution in [-0.2, 0) is 4.74 Å². The third-order valence-electron chi connectivity index (χ3n) is 8.55. The highest BCUT2D eigenvalue weighted by atomic mass is 16.5. The van der Waals surface area contributed by atoms with Crippen LogP contribution in [0, 0.1) is 24.7 Å². The number of aromatic nitrogens is 4. The molecule has 2 aliphatic heterocycles. The molecule has 1 unspecified atom stereocenters. The number of fused-ring (bicyclic) bond motifs is 1. The highest BCUT2D eigenvalue weighted by molar-refractivity contribution is 5.75. The van der Waals surface area contributed by atoms with Gasteiger partial charge in [-0.1, -0.05) is 6.92 Å². The van der Waals surface area contributed by atoms with Crippen LogP contribution in [-0.4, -0.2) is 70.6 Å². The first-order valence-electron chi connectivity index (χ1n) is 12.5. The van der Waals surface area contributed by atoms with Gasteiger partial charge in [-0.25, -0.2) is 15.0 Å². The van der Waals surface area contributed by atoms with Gasteiger partial charge in [-0.05, 0) is 57.8 Å². The summed E-state index contributed by atoms with van der Waals surface area (Å²) in [5.74, 6) is 1.23. The van der Waals surface area contributed by atoms with Crippen molar-refractivity contribution in [2.45, 2.75) is 71.3 Å². The van der Waals surface area contributed by atoms with E-state index in [0.29, 0.717) is 17.9 Å². The molecule has 33 heavy (non-hydrogen) atoms. The van der Waals surface area contributed by atoms with E-state index in [9.17, 15) is 0 Å². The molecule has 2 aromatic heterocycles. The summed E-state index contributed by atoms with van der Waals surface area (Å²) in [4.78, 5) is 22.2. The third-order valence-corrected chi connectivity index (χ3v) is 8.55. The van der Waals surface area contributed by atoms with Crippen molar-refractivity contribution in [2.24, 2.45) is 15.9 Å². The molecule has 8 heteroatoms. The number of nitrogens with zero attached hydrogens (tertiary/aromatic N) is 7. The second kappa shape index (κ2) is 7.58. The molecule has 2 atom stereocenters. The van der Waals surface area contributed by atoms with E-state index in [4.69, 9.17) is 24.7 Å². The topological polar surface area (TPSA) is 79.6 Å². The van der Waals surface area contributed by atoms with Crippen molar-refractivity contribution in [1.82, 2.24) is 24.9 Å². The fraction of sp³-hybridized carbons (Fsp3) is 0.720. The Labute approximate surface area is 195 Å². The molecule has 0 aromatic carbocycles. The van der Waals surface area contributed by atoms with Gasteiger partial charge < -0.3 is 9.64 Å². The summed E-state index contributed by atoms with van der Waals surface area (Å²) in [5.41, 5.74) is 5.21. The number of aryl methyl sites for hydroxylation is 2. The first-order valence-corrected chi connectivity index (χ1v) is 12.5. The van der Waals surface area contributed by atoms with Gasteiger partial charge in [-0.15, -0.1) is 0 Å². The quantitative estimate of drug-likeness (QED) is 0.708. The smallest absolute Gasteiger partial charge is 0.227 e. The lowest BCUT2D eigenvalue weighted by Crippen LogP contribution is -2.52. The molecule has 176 valence electrons. The fourth-order valence-corrected chi connectivity index (χ4v) is 5.95. The minimum absolute atomic E-state index is 0.0536. The molecule has 0 amide bonds. The summed E-state index contributed by atoms with van der Waals surface area (Å²) >= 11 is 0. The van der Waals surface area contributed by atoms with Crippen LogP contribution in [0.1, 0.15) is 68.4 Å². The Balaban J connectivity index is 1.35. The molecule has 1 saturated heterocycles. The van der Waals surface area contributed by atoms with Crippen LogP contribution in [0.3, 0.4) is 0 Å². The van der Waals surface area contributed by atoms with Crippen LogP contribution in [0.4, 0.5) is 5.95 Å². The van der Waals surface area contributed by atoms with Crippen LogP contribution in [0.5, 0.6) is 0 Å². The minimum atomic E-state index is -0.109. The van der Waals surface area contributed by atoms with E-state index >= 15 is 0 Å². The van der Waals surface area contributed by atoms with E-state index in [1.54, 1.807) is 0 Å². The molecule has 4 heterocycles. The van der Waals surface area contributed by atoms with E-state index < -0.39 is 0 Å². The molecule has 2 saturated carbocycles. The summed E-state index contributed by atoms with van der Waals surface area (Å²) in [6.45, 7) is 9.36. The lowest BCUT2D eigenvalue weighted by Gasteiger charge is -2.40. The molecule has 4 aliphatic rings. The zero-order valence-electron chi connectivity index (χ0n) is 20.3. The predicted molar refractivity (Wildman–Crippen MR) is 129 cm³/mol. The SMILES string of the molecule is Cc1nc2nc(N3CCO[C@H](C4(C)C=NN(C)C4)C3)nc(C3CCC4(CC3)CC4)c2nc1C. The van der Waals surface area contributed by atoms with Gasteiger partial charge >= 0.3 is 0 Å². The lowest BCUT2D eigenvalue weighted by molar-refractivity contribution is -0.0159. The van der Waals surface area contributed by atoms with E-state index in [1.807, 2.05) is 32.1 Å². The van der Waals surface area contributed by atoms with Crippen LogP contribution in [0.2, 0.25) is 0 Å². The van der Waals surface area contributed by atoms with Gasteiger partial charge in [0.05, 0.1) is 35.2 Å². The monoisotopic (exact) mass is 449 g/mol. The first kappa shape index (κ1) is 21.2. The van der Waals surface area contributed by atoms with E-state index in [-0.39, 0.29) is 11.5 Å². The second-order valence-corrected chi connectivity index (χ2v) is 11.1. The summed E-state index contributed by atoms with van der Waals surface area (Å²) in [6.07, 6.45) is 9.97. The van der Waals surface area contributed by atoms with Crippen molar-refractivity contribution in [3.63, 3.8) is 0 Å². The van der Waals surface area contributed by atoms with Gasteiger partial charge in [0.15, 0.2) is 5.65 Å². The van der Waals surface area contributed by atoms with Crippen molar-refractivity contribution in [3.05, 3.63) is 17.1 Å². The van der Waals surface area contributed by atoms with Gasteiger partial charge in [-0.3, -0.25) is 5.01 Å². The van der Waals surface area contributed by atoms with Crippen molar-refractivity contribution in [1.29, 1.82) is 0 Å².